The summed E-state index contributed by atoms with van der Waals surface area (Å²) in [6.45, 7) is 2.13. The number of carbonyl (C=O) groups excluding carboxylic acids is 1. The van der Waals surface area contributed by atoms with Gasteiger partial charge in [-0.25, -0.2) is 4.79 Å². The molecule has 2 aromatic carbocycles. The minimum Gasteiger partial charge on any atom is -0.486 e. The number of benzene rings is 2. The van der Waals surface area contributed by atoms with Gasteiger partial charge < -0.3 is 30.1 Å². The zero-order valence-electron chi connectivity index (χ0n) is 16.3. The number of nitrogens with one attached hydrogen (secondary N) is 2. The van der Waals surface area contributed by atoms with Crippen molar-refractivity contribution < 1.29 is 19.4 Å². The molecule has 0 aromatic heterocycles. The molecule has 154 valence electrons. The Morgan fingerprint density at radius 1 is 1.07 bits per heavy atom. The number of hydrogen-bond donors (Lipinski definition) is 3. The Balaban J connectivity index is 1.19. The molecule has 0 spiro atoms. The van der Waals surface area contributed by atoms with Crippen molar-refractivity contribution in [3.63, 3.8) is 0 Å². The van der Waals surface area contributed by atoms with E-state index in [9.17, 15) is 9.90 Å². The lowest BCUT2D eigenvalue weighted by molar-refractivity contribution is -0.0108. The third-order valence-electron chi connectivity index (χ3n) is 5.38. The summed E-state index contributed by atoms with van der Waals surface area (Å²) in [5.74, 6) is 1.38. The molecule has 0 radical (unpaired) electrons. The van der Waals surface area contributed by atoms with E-state index in [1.807, 2.05) is 59.5 Å². The molecule has 3 N–H and O–H groups in total. The zero-order chi connectivity index (χ0) is 20.1. The number of likely N-dealkylation sites (tertiary alicyclic amines) is 1. The Morgan fingerprint density at radius 2 is 1.76 bits per heavy atom. The molecule has 1 fully saturated rings. The van der Waals surface area contributed by atoms with Crippen molar-refractivity contribution in [2.75, 3.05) is 31.6 Å². The van der Waals surface area contributed by atoms with Crippen LogP contribution < -0.4 is 20.1 Å². The number of anilines is 1. The van der Waals surface area contributed by atoms with Gasteiger partial charge >= 0.3 is 6.03 Å². The van der Waals surface area contributed by atoms with Gasteiger partial charge in [-0.3, -0.25) is 0 Å². The summed E-state index contributed by atoms with van der Waals surface area (Å²) < 4.78 is 11.5. The lowest BCUT2D eigenvalue weighted by Crippen LogP contribution is -2.50. The third kappa shape index (κ3) is 4.99. The average molecular weight is 397 g/mol. The third-order valence-corrected chi connectivity index (χ3v) is 5.38. The second kappa shape index (κ2) is 9.15. The highest BCUT2D eigenvalue weighted by molar-refractivity contribution is 5.89. The minimum absolute atomic E-state index is 0.0684. The Labute approximate surface area is 170 Å². The molecular formula is C22H27N3O4. The number of aliphatic hydroxyl groups is 1. The lowest BCUT2D eigenvalue weighted by atomic mass is 10.0. The molecule has 7 nitrogen and oxygen atoms in total. The van der Waals surface area contributed by atoms with E-state index in [1.54, 1.807) is 0 Å². The van der Waals surface area contributed by atoms with Gasteiger partial charge in [-0.1, -0.05) is 30.3 Å². The molecule has 0 saturated carbocycles. The number of para-hydroxylation sites is 3. The van der Waals surface area contributed by atoms with Gasteiger partial charge in [0.2, 0.25) is 0 Å². The molecule has 2 aliphatic rings. The van der Waals surface area contributed by atoms with E-state index in [0.717, 1.165) is 18.5 Å². The maximum atomic E-state index is 12.4. The van der Waals surface area contributed by atoms with E-state index in [2.05, 4.69) is 10.6 Å². The van der Waals surface area contributed by atoms with Crippen LogP contribution >= 0.6 is 0 Å². The van der Waals surface area contributed by atoms with Crippen LogP contribution in [0.25, 0.3) is 0 Å². The predicted octanol–water partition coefficient (Wildman–Crippen LogP) is 2.47. The van der Waals surface area contributed by atoms with Gasteiger partial charge in [0.1, 0.15) is 12.7 Å². The molecule has 2 aromatic rings. The van der Waals surface area contributed by atoms with Crippen molar-refractivity contribution in [3.8, 4) is 11.5 Å². The number of urea groups is 1. The van der Waals surface area contributed by atoms with Crippen LogP contribution in [0.4, 0.5) is 10.5 Å². The molecule has 4 rings (SSSR count). The first kappa shape index (κ1) is 19.5. The van der Waals surface area contributed by atoms with Crippen molar-refractivity contribution in [3.05, 3.63) is 54.6 Å². The van der Waals surface area contributed by atoms with E-state index in [0.29, 0.717) is 37.7 Å². The summed E-state index contributed by atoms with van der Waals surface area (Å²) in [6, 6.07) is 17.2. The summed E-state index contributed by atoms with van der Waals surface area (Å²) in [4.78, 5) is 14.2. The number of hydrogen-bond acceptors (Lipinski definition) is 5. The molecular weight excluding hydrogens is 370 g/mol. The van der Waals surface area contributed by atoms with Gasteiger partial charge in [0, 0.05) is 31.4 Å². The predicted molar refractivity (Wildman–Crippen MR) is 110 cm³/mol. The van der Waals surface area contributed by atoms with E-state index < -0.39 is 12.2 Å². The fourth-order valence-corrected chi connectivity index (χ4v) is 3.65. The Kier molecular flexibility index (Phi) is 6.17. The summed E-state index contributed by atoms with van der Waals surface area (Å²) >= 11 is 0. The van der Waals surface area contributed by atoms with Gasteiger partial charge in [-0.05, 0) is 37.1 Å². The number of aliphatic hydroxyl groups excluding tert-OH is 1. The molecule has 1 saturated heterocycles. The summed E-state index contributed by atoms with van der Waals surface area (Å²) in [5, 5.41) is 16.8. The van der Waals surface area contributed by atoms with Crippen LogP contribution in [-0.2, 0) is 0 Å². The minimum atomic E-state index is -0.664. The largest absolute Gasteiger partial charge is 0.486 e. The first-order valence-electron chi connectivity index (χ1n) is 10.1. The maximum Gasteiger partial charge on any atom is 0.321 e. The molecule has 0 aliphatic carbocycles. The van der Waals surface area contributed by atoms with Crippen LogP contribution in [0, 0.1) is 0 Å². The quantitative estimate of drug-likeness (QED) is 0.722. The first-order valence-corrected chi connectivity index (χ1v) is 10.1. The monoisotopic (exact) mass is 397 g/mol. The SMILES string of the molecule is O=C(Nc1ccccc1)N1CCC(NCC(O)C2COc3ccccc3O2)CC1. The van der Waals surface area contributed by atoms with Crippen LogP contribution in [0.5, 0.6) is 11.5 Å². The molecule has 2 amide bonds. The summed E-state index contributed by atoms with van der Waals surface area (Å²) in [6.07, 6.45) is 0.636. The normalized spacial score (nSPS) is 20.2. The average Bonchev–Trinajstić information content (AvgIpc) is 2.78. The van der Waals surface area contributed by atoms with Crippen LogP contribution in [-0.4, -0.2) is 60.5 Å². The molecule has 2 atom stereocenters. The van der Waals surface area contributed by atoms with Crippen LogP contribution in [0.1, 0.15) is 12.8 Å². The van der Waals surface area contributed by atoms with Crippen molar-refractivity contribution in [1.29, 1.82) is 0 Å². The molecule has 0 bridgehead atoms. The molecule has 2 heterocycles. The highest BCUT2D eigenvalue weighted by atomic mass is 16.6. The highest BCUT2D eigenvalue weighted by Gasteiger charge is 2.29. The fraction of sp³-hybridized carbons (Fsp3) is 0.409. The number of amides is 2. The smallest absolute Gasteiger partial charge is 0.321 e. The Hall–Kier alpha value is -2.77. The van der Waals surface area contributed by atoms with E-state index in [1.165, 1.54) is 0 Å². The number of nitrogens with zero attached hydrogens (tertiary/aromatic N) is 1. The van der Waals surface area contributed by atoms with Crippen LogP contribution in [0.3, 0.4) is 0 Å². The maximum absolute atomic E-state index is 12.4. The van der Waals surface area contributed by atoms with Gasteiger partial charge in [0.15, 0.2) is 17.6 Å². The van der Waals surface area contributed by atoms with Gasteiger partial charge in [-0.15, -0.1) is 0 Å². The van der Waals surface area contributed by atoms with Crippen molar-refractivity contribution >= 4 is 11.7 Å². The molecule has 29 heavy (non-hydrogen) atoms. The van der Waals surface area contributed by atoms with E-state index in [4.69, 9.17) is 9.47 Å². The first-order chi connectivity index (χ1) is 14.2. The van der Waals surface area contributed by atoms with Crippen molar-refractivity contribution in [2.24, 2.45) is 0 Å². The number of rotatable bonds is 5. The van der Waals surface area contributed by atoms with Crippen LogP contribution in [0.15, 0.2) is 54.6 Å². The molecule has 2 aliphatic heterocycles. The summed E-state index contributed by atoms with van der Waals surface area (Å²) in [5.41, 5.74) is 0.803. The topological polar surface area (TPSA) is 83.1 Å². The fourth-order valence-electron chi connectivity index (χ4n) is 3.65. The second-order valence-electron chi connectivity index (χ2n) is 7.45. The van der Waals surface area contributed by atoms with Gasteiger partial charge in [0.25, 0.3) is 0 Å². The molecule has 7 heteroatoms. The number of fused-ring (bicyclic) bond motifs is 1. The molecule has 2 unspecified atom stereocenters. The van der Waals surface area contributed by atoms with E-state index in [-0.39, 0.29) is 12.1 Å². The Bertz CT molecular complexity index is 809. The zero-order valence-corrected chi connectivity index (χ0v) is 16.3. The van der Waals surface area contributed by atoms with Crippen molar-refractivity contribution in [2.45, 2.75) is 31.1 Å². The lowest BCUT2D eigenvalue weighted by Gasteiger charge is -2.34. The second-order valence-corrected chi connectivity index (χ2v) is 7.45. The summed E-state index contributed by atoms with van der Waals surface area (Å²) in [7, 11) is 0. The Morgan fingerprint density at radius 3 is 2.52 bits per heavy atom. The van der Waals surface area contributed by atoms with E-state index >= 15 is 0 Å². The van der Waals surface area contributed by atoms with Crippen LogP contribution in [0.2, 0.25) is 0 Å². The number of carbonyl (C=O) groups is 1. The standard InChI is InChI=1S/C22H27N3O4/c26-18(21-15-28-19-8-4-5-9-20(19)29-21)14-23-16-10-12-25(13-11-16)22(27)24-17-6-2-1-3-7-17/h1-9,16,18,21,23,26H,10-15H2,(H,24,27). The van der Waals surface area contributed by atoms with Gasteiger partial charge in [-0.2, -0.15) is 0 Å². The number of ether oxygens (including phenoxy) is 2. The highest BCUT2D eigenvalue weighted by Crippen LogP contribution is 2.31. The van der Waals surface area contributed by atoms with Crippen molar-refractivity contribution in [1.82, 2.24) is 10.2 Å². The van der Waals surface area contributed by atoms with Gasteiger partial charge in [0.05, 0.1) is 0 Å². The number of piperidine rings is 1.